The quantitative estimate of drug-likeness (QED) is 0.189. The van der Waals surface area contributed by atoms with Crippen LogP contribution in [-0.4, -0.2) is 36.8 Å². The molecule has 1 fully saturated rings. The molecule has 0 aromatic heterocycles. The van der Waals surface area contributed by atoms with Gasteiger partial charge in [-0.3, -0.25) is 0 Å². The second-order valence-corrected chi connectivity index (χ2v) is 6.35. The van der Waals surface area contributed by atoms with Crippen LogP contribution in [0.4, 0.5) is 0 Å². The number of nitrogens with one attached hydrogen (secondary N) is 1. The van der Waals surface area contributed by atoms with Gasteiger partial charge in [0.2, 0.25) is 0 Å². The number of hydrogen-bond donors (Lipinski definition) is 3. The van der Waals surface area contributed by atoms with E-state index >= 15 is 0 Å². The molecule has 4 N–H and O–H groups in total. The molecule has 1 rings (SSSR count). The van der Waals surface area contributed by atoms with Gasteiger partial charge < -0.3 is 21.0 Å². The molecular weight excluding hydrogens is 254 g/mol. The third-order valence-electron chi connectivity index (χ3n) is 4.14. The summed E-state index contributed by atoms with van der Waals surface area (Å²) in [6.45, 7) is 6.76. The van der Waals surface area contributed by atoms with Crippen molar-refractivity contribution in [1.82, 2.24) is 5.32 Å². The molecule has 0 aliphatic heterocycles. The van der Waals surface area contributed by atoms with Gasteiger partial charge in [-0.05, 0) is 32.2 Å². The van der Waals surface area contributed by atoms with Gasteiger partial charge in [0, 0.05) is 12.0 Å². The normalized spacial score (nSPS) is 17.8. The lowest BCUT2D eigenvalue weighted by Gasteiger charge is -2.22. The largest absolute Gasteiger partial charge is 0.409 e. The summed E-state index contributed by atoms with van der Waals surface area (Å²) in [6, 6.07) is 0. The monoisotopic (exact) mass is 285 g/mol. The molecule has 5 heteroatoms. The second kappa shape index (κ2) is 9.19. The van der Waals surface area contributed by atoms with Crippen molar-refractivity contribution in [3.8, 4) is 0 Å². The topological polar surface area (TPSA) is 79.9 Å². The Morgan fingerprint density at radius 2 is 2.00 bits per heavy atom. The number of unbranched alkanes of at least 4 members (excludes halogenated alkanes) is 1. The van der Waals surface area contributed by atoms with E-state index in [2.05, 4.69) is 10.5 Å². The predicted molar refractivity (Wildman–Crippen MR) is 82.1 cm³/mol. The first-order chi connectivity index (χ1) is 9.56. The zero-order valence-electron chi connectivity index (χ0n) is 13.0. The van der Waals surface area contributed by atoms with Gasteiger partial charge in [-0.25, -0.2) is 0 Å². The van der Waals surface area contributed by atoms with Crippen molar-refractivity contribution in [3.63, 3.8) is 0 Å². The lowest BCUT2D eigenvalue weighted by molar-refractivity contribution is 0.0604. The van der Waals surface area contributed by atoms with E-state index in [1.54, 1.807) is 0 Å². The van der Waals surface area contributed by atoms with Crippen molar-refractivity contribution in [2.24, 2.45) is 16.3 Å². The Morgan fingerprint density at radius 1 is 1.30 bits per heavy atom. The molecule has 0 heterocycles. The average Bonchev–Trinajstić information content (AvgIpc) is 2.93. The summed E-state index contributed by atoms with van der Waals surface area (Å²) >= 11 is 0. The average molecular weight is 285 g/mol. The van der Waals surface area contributed by atoms with Gasteiger partial charge in [-0.1, -0.05) is 38.3 Å². The smallest absolute Gasteiger partial charge is 0.144 e. The molecule has 1 saturated carbocycles. The molecule has 0 atom stereocenters. The van der Waals surface area contributed by atoms with E-state index in [4.69, 9.17) is 15.7 Å². The summed E-state index contributed by atoms with van der Waals surface area (Å²) in [4.78, 5) is 0. The Morgan fingerprint density at radius 3 is 2.65 bits per heavy atom. The number of ether oxygens (including phenoxy) is 1. The molecule has 0 bridgehead atoms. The minimum absolute atomic E-state index is 0.222. The summed E-state index contributed by atoms with van der Waals surface area (Å²) < 4.78 is 5.79. The highest BCUT2D eigenvalue weighted by atomic mass is 16.5. The fourth-order valence-electron chi connectivity index (χ4n) is 2.56. The Balaban J connectivity index is 1.91. The van der Waals surface area contributed by atoms with Crippen LogP contribution < -0.4 is 11.1 Å². The van der Waals surface area contributed by atoms with Crippen molar-refractivity contribution >= 4 is 5.84 Å². The van der Waals surface area contributed by atoms with Crippen molar-refractivity contribution in [1.29, 1.82) is 0 Å². The van der Waals surface area contributed by atoms with E-state index in [0.29, 0.717) is 11.9 Å². The van der Waals surface area contributed by atoms with Gasteiger partial charge in [-0.2, -0.15) is 0 Å². The van der Waals surface area contributed by atoms with Crippen molar-refractivity contribution in [3.05, 3.63) is 0 Å². The zero-order chi connectivity index (χ0) is 14.8. The van der Waals surface area contributed by atoms with Crippen LogP contribution >= 0.6 is 0 Å². The number of rotatable bonds is 10. The second-order valence-electron chi connectivity index (χ2n) is 6.35. The van der Waals surface area contributed by atoms with E-state index in [-0.39, 0.29) is 5.41 Å². The minimum Gasteiger partial charge on any atom is -0.409 e. The molecular formula is C15H31N3O2. The number of oxime groups is 1. The maximum absolute atomic E-state index is 8.70. The van der Waals surface area contributed by atoms with Crippen LogP contribution in [0, 0.1) is 5.41 Å². The minimum atomic E-state index is -0.222. The maximum Gasteiger partial charge on any atom is 0.144 e. The molecule has 0 amide bonds. The van der Waals surface area contributed by atoms with Gasteiger partial charge in [0.25, 0.3) is 0 Å². The highest BCUT2D eigenvalue weighted by molar-refractivity contribution is 5.85. The van der Waals surface area contributed by atoms with Crippen LogP contribution in [0.25, 0.3) is 0 Å². The molecule has 118 valence electrons. The fraction of sp³-hybridized carbons (Fsp3) is 0.933. The lowest BCUT2D eigenvalue weighted by atomic mass is 9.86. The number of hydrogen-bond acceptors (Lipinski definition) is 4. The molecule has 0 spiro atoms. The third kappa shape index (κ3) is 6.57. The Labute approximate surface area is 122 Å². The Hall–Kier alpha value is -0.810. The molecule has 20 heavy (non-hydrogen) atoms. The van der Waals surface area contributed by atoms with Crippen LogP contribution in [0.1, 0.15) is 58.8 Å². The predicted octanol–water partition coefficient (Wildman–Crippen LogP) is 2.48. The van der Waals surface area contributed by atoms with Crippen molar-refractivity contribution in [2.45, 2.75) is 64.9 Å². The number of nitrogens with two attached hydrogens (primary N) is 1. The molecule has 5 nitrogen and oxygen atoms in total. The Kier molecular flexibility index (Phi) is 7.92. The van der Waals surface area contributed by atoms with Gasteiger partial charge in [0.15, 0.2) is 0 Å². The summed E-state index contributed by atoms with van der Waals surface area (Å²) in [5.74, 6) is 0.315. The van der Waals surface area contributed by atoms with Gasteiger partial charge in [-0.15, -0.1) is 0 Å². The highest BCUT2D eigenvalue weighted by Crippen LogP contribution is 2.23. The van der Waals surface area contributed by atoms with Crippen LogP contribution in [0.3, 0.4) is 0 Å². The van der Waals surface area contributed by atoms with Crippen molar-refractivity contribution in [2.75, 3.05) is 19.7 Å². The molecule has 1 aliphatic rings. The fourth-order valence-corrected chi connectivity index (χ4v) is 2.56. The standard InChI is InChI=1S/C15H31N3O2/c1-15(2,14(16)18-19)9-5-6-10-17-11-12-20-13-7-3-4-8-13/h13,17,19H,3-12H2,1-2H3,(H2,16,18). The first-order valence-electron chi connectivity index (χ1n) is 7.86. The van der Waals surface area contributed by atoms with Gasteiger partial charge in [0.1, 0.15) is 5.84 Å². The summed E-state index contributed by atoms with van der Waals surface area (Å²) in [5, 5.41) is 15.2. The molecule has 0 unspecified atom stereocenters. The zero-order valence-corrected chi connectivity index (χ0v) is 13.0. The number of amidine groups is 1. The summed E-state index contributed by atoms with van der Waals surface area (Å²) in [6.07, 6.45) is 8.75. The number of nitrogens with zero attached hydrogens (tertiary/aromatic N) is 1. The summed E-state index contributed by atoms with van der Waals surface area (Å²) in [7, 11) is 0. The molecule has 0 aromatic carbocycles. The molecule has 1 aliphatic carbocycles. The van der Waals surface area contributed by atoms with Crippen LogP contribution in [0.5, 0.6) is 0 Å². The van der Waals surface area contributed by atoms with Crippen LogP contribution in [0.2, 0.25) is 0 Å². The van der Waals surface area contributed by atoms with Gasteiger partial charge >= 0.3 is 0 Å². The van der Waals surface area contributed by atoms with E-state index in [9.17, 15) is 0 Å². The van der Waals surface area contributed by atoms with E-state index in [0.717, 1.165) is 39.0 Å². The van der Waals surface area contributed by atoms with Crippen molar-refractivity contribution < 1.29 is 9.94 Å². The molecule has 0 saturated heterocycles. The SMILES string of the molecule is CC(C)(CCCCNCCOC1CCCC1)C(N)=NO. The Bertz CT molecular complexity index is 287. The first kappa shape index (κ1) is 17.2. The lowest BCUT2D eigenvalue weighted by Crippen LogP contribution is -2.32. The van der Waals surface area contributed by atoms with Crippen LogP contribution in [-0.2, 0) is 4.74 Å². The molecule has 0 radical (unpaired) electrons. The van der Waals surface area contributed by atoms with E-state index < -0.39 is 0 Å². The van der Waals surface area contributed by atoms with E-state index in [1.165, 1.54) is 25.7 Å². The molecule has 0 aromatic rings. The summed E-state index contributed by atoms with van der Waals surface area (Å²) in [5.41, 5.74) is 5.44. The van der Waals surface area contributed by atoms with E-state index in [1.807, 2.05) is 13.8 Å². The third-order valence-corrected chi connectivity index (χ3v) is 4.14. The van der Waals surface area contributed by atoms with Crippen LogP contribution in [0.15, 0.2) is 5.16 Å². The first-order valence-corrected chi connectivity index (χ1v) is 7.86. The highest BCUT2D eigenvalue weighted by Gasteiger charge is 2.22. The van der Waals surface area contributed by atoms with Gasteiger partial charge in [0.05, 0.1) is 12.7 Å². The maximum atomic E-state index is 8.70.